The first kappa shape index (κ1) is 22.4. The van der Waals surface area contributed by atoms with Gasteiger partial charge in [-0.25, -0.2) is 4.79 Å². The number of aliphatic hydroxyl groups excluding tert-OH is 1. The van der Waals surface area contributed by atoms with E-state index in [2.05, 4.69) is 22.6 Å². The molecule has 2 heterocycles. The van der Waals surface area contributed by atoms with Crippen LogP contribution < -0.4 is 17.0 Å². The Morgan fingerprint density at radius 3 is 2.52 bits per heavy atom. The van der Waals surface area contributed by atoms with E-state index in [1.165, 1.54) is 6.20 Å². The van der Waals surface area contributed by atoms with E-state index in [-0.39, 0.29) is 22.3 Å². The van der Waals surface area contributed by atoms with Crippen LogP contribution in [0.4, 0.5) is 0 Å². The number of hydrogen-bond acceptors (Lipinski definition) is 7. The van der Waals surface area contributed by atoms with Gasteiger partial charge in [-0.1, -0.05) is 36.4 Å². The van der Waals surface area contributed by atoms with Crippen LogP contribution in [0.25, 0.3) is 0 Å². The number of alkyl halides is 1. The number of fused-ring (bicyclic) bond motifs is 1. The van der Waals surface area contributed by atoms with Gasteiger partial charge in [0.2, 0.25) is 0 Å². The summed E-state index contributed by atoms with van der Waals surface area (Å²) in [5.41, 5.74) is 2.63. The Bertz CT molecular complexity index is 911. The fourth-order valence-corrected chi connectivity index (χ4v) is 5.10. The van der Waals surface area contributed by atoms with Crippen molar-refractivity contribution in [1.29, 1.82) is 0 Å². The zero-order valence-electron chi connectivity index (χ0n) is 16.2. The van der Waals surface area contributed by atoms with Crippen LogP contribution in [0.1, 0.15) is 39.3 Å². The van der Waals surface area contributed by atoms with Crippen LogP contribution in [0, 0.1) is 5.92 Å². The van der Waals surface area contributed by atoms with E-state index >= 15 is 0 Å². The van der Waals surface area contributed by atoms with Crippen molar-refractivity contribution in [3.8, 4) is 0 Å². The number of ether oxygens (including phenoxy) is 1. The van der Waals surface area contributed by atoms with E-state index in [1.807, 2.05) is 13.8 Å². The predicted molar refractivity (Wildman–Crippen MR) is 111 cm³/mol. The van der Waals surface area contributed by atoms with Gasteiger partial charge in [-0.2, -0.15) is 0 Å². The Morgan fingerprint density at radius 2 is 2.03 bits per heavy atom. The molecule has 0 spiro atoms. The van der Waals surface area contributed by atoms with Crippen LogP contribution in [0.5, 0.6) is 0 Å². The SMILES string of the molecule is CCC(I)(CC)C1[C@H]2OC(n3ccc(=O)n(CCC(N)C(=O)O)c3=O)[C@H](O)[C@@]12O. The van der Waals surface area contributed by atoms with Crippen molar-refractivity contribution in [2.45, 2.75) is 73.2 Å². The number of hydrogen-bond donors (Lipinski definition) is 4. The molecule has 1 aliphatic heterocycles. The highest BCUT2D eigenvalue weighted by molar-refractivity contribution is 14.1. The quantitative estimate of drug-likeness (QED) is 0.261. The molecule has 162 valence electrons. The molecule has 0 amide bonds. The molecular formula is C18H26IN3O7. The first-order chi connectivity index (χ1) is 13.5. The first-order valence-electron chi connectivity index (χ1n) is 9.58. The number of nitrogens with two attached hydrogens (primary N) is 1. The lowest BCUT2D eigenvalue weighted by Crippen LogP contribution is -2.47. The fraction of sp³-hybridized carbons (Fsp3) is 0.722. The molecule has 0 radical (unpaired) electrons. The van der Waals surface area contributed by atoms with Gasteiger partial charge in [-0.05, 0) is 19.3 Å². The van der Waals surface area contributed by atoms with Gasteiger partial charge < -0.3 is 25.8 Å². The summed E-state index contributed by atoms with van der Waals surface area (Å²) in [4.78, 5) is 35.7. The topological polar surface area (TPSA) is 157 Å². The highest BCUT2D eigenvalue weighted by Gasteiger charge is 2.80. The Morgan fingerprint density at radius 1 is 1.41 bits per heavy atom. The fourth-order valence-electron chi connectivity index (χ4n) is 4.27. The number of aromatic nitrogens is 2. The summed E-state index contributed by atoms with van der Waals surface area (Å²) in [5.74, 6) is -1.49. The second-order valence-electron chi connectivity index (χ2n) is 7.73. The number of carboxylic acid groups (broad SMARTS) is 1. The Labute approximate surface area is 180 Å². The summed E-state index contributed by atoms with van der Waals surface area (Å²) < 4.78 is 7.54. The lowest BCUT2D eigenvalue weighted by Gasteiger charge is -2.31. The van der Waals surface area contributed by atoms with Crippen LogP contribution in [0.2, 0.25) is 0 Å². The van der Waals surface area contributed by atoms with E-state index in [9.17, 15) is 24.6 Å². The summed E-state index contributed by atoms with van der Waals surface area (Å²) in [6.45, 7) is 3.84. The smallest absolute Gasteiger partial charge is 0.333 e. The van der Waals surface area contributed by atoms with Gasteiger partial charge in [-0.15, -0.1) is 0 Å². The molecule has 0 bridgehead atoms. The van der Waals surface area contributed by atoms with E-state index < -0.39 is 47.3 Å². The van der Waals surface area contributed by atoms with Crippen molar-refractivity contribution >= 4 is 28.6 Å². The summed E-state index contributed by atoms with van der Waals surface area (Å²) in [6, 6.07) is -0.0760. The van der Waals surface area contributed by atoms with E-state index in [0.29, 0.717) is 0 Å². The number of aliphatic hydroxyl groups is 2. The molecule has 2 aliphatic rings. The molecule has 1 saturated carbocycles. The Kier molecular flexibility index (Phi) is 6.00. The third-order valence-corrected chi connectivity index (χ3v) is 8.46. The summed E-state index contributed by atoms with van der Waals surface area (Å²) in [7, 11) is 0. The monoisotopic (exact) mass is 523 g/mol. The molecule has 3 unspecified atom stereocenters. The maximum atomic E-state index is 12.8. The van der Waals surface area contributed by atoms with Gasteiger partial charge in [0.1, 0.15) is 17.7 Å². The zero-order valence-corrected chi connectivity index (χ0v) is 18.4. The van der Waals surface area contributed by atoms with Crippen molar-refractivity contribution in [3.05, 3.63) is 33.1 Å². The summed E-state index contributed by atoms with van der Waals surface area (Å²) in [5, 5.41) is 30.7. The molecule has 3 rings (SSSR count). The molecule has 5 N–H and O–H groups in total. The molecule has 10 nitrogen and oxygen atoms in total. The van der Waals surface area contributed by atoms with Gasteiger partial charge in [0.05, 0.1) is 6.10 Å². The van der Waals surface area contributed by atoms with Crippen molar-refractivity contribution in [2.24, 2.45) is 11.7 Å². The largest absolute Gasteiger partial charge is 0.480 e. The van der Waals surface area contributed by atoms with Gasteiger partial charge in [-0.3, -0.25) is 18.7 Å². The van der Waals surface area contributed by atoms with Gasteiger partial charge >= 0.3 is 11.7 Å². The van der Waals surface area contributed by atoms with E-state index in [1.54, 1.807) is 0 Å². The molecule has 6 atom stereocenters. The number of rotatable bonds is 8. The lowest BCUT2D eigenvalue weighted by atomic mass is 9.92. The van der Waals surface area contributed by atoms with Crippen LogP contribution in [0.3, 0.4) is 0 Å². The predicted octanol–water partition coefficient (Wildman–Crippen LogP) is -0.575. The lowest BCUT2D eigenvalue weighted by molar-refractivity contribution is -0.138. The molecule has 1 saturated heterocycles. The van der Waals surface area contributed by atoms with Gasteiger partial charge in [0.15, 0.2) is 6.23 Å². The number of aliphatic carboxylic acids is 1. The first-order valence-corrected chi connectivity index (χ1v) is 10.7. The Balaban J connectivity index is 1.85. The van der Waals surface area contributed by atoms with Gasteiger partial charge in [0.25, 0.3) is 5.56 Å². The minimum atomic E-state index is -1.45. The molecular weight excluding hydrogens is 497 g/mol. The molecule has 0 aromatic carbocycles. The second kappa shape index (κ2) is 7.76. The van der Waals surface area contributed by atoms with Crippen LogP contribution in [-0.4, -0.2) is 57.7 Å². The van der Waals surface area contributed by atoms with Gasteiger partial charge in [0, 0.05) is 28.1 Å². The highest BCUT2D eigenvalue weighted by Crippen LogP contribution is 2.65. The zero-order chi connectivity index (χ0) is 21.7. The number of nitrogens with zero attached hydrogens (tertiary/aromatic N) is 2. The van der Waals surface area contributed by atoms with E-state index in [0.717, 1.165) is 28.0 Å². The van der Waals surface area contributed by atoms with E-state index in [4.69, 9.17) is 15.6 Å². The third kappa shape index (κ3) is 3.46. The van der Waals surface area contributed by atoms with Crippen LogP contribution >= 0.6 is 22.6 Å². The maximum Gasteiger partial charge on any atom is 0.333 e. The van der Waals surface area contributed by atoms with Crippen molar-refractivity contribution < 1.29 is 24.9 Å². The summed E-state index contributed by atoms with van der Waals surface area (Å²) in [6.07, 6.45) is -0.385. The van der Waals surface area contributed by atoms with Crippen LogP contribution in [-0.2, 0) is 16.1 Å². The number of carbonyl (C=O) groups is 1. The molecule has 11 heteroatoms. The van der Waals surface area contributed by atoms with Crippen molar-refractivity contribution in [3.63, 3.8) is 0 Å². The average molecular weight is 523 g/mol. The molecule has 29 heavy (non-hydrogen) atoms. The minimum Gasteiger partial charge on any atom is -0.480 e. The molecule has 2 fully saturated rings. The average Bonchev–Trinajstić information content (AvgIpc) is 3.21. The highest BCUT2D eigenvalue weighted by atomic mass is 127. The molecule has 1 aromatic rings. The standard InChI is InChI=1S/C18H26IN3O7/c1-3-17(19,4-2)11-13-18(11,28)12(24)14(29-13)22-8-6-10(23)21(16(22)27)7-5-9(20)15(25)26/h6,8-9,11-14,24,28H,3-5,7,20H2,1-2H3,(H,25,26)/t9?,11?,12-,13+,14?,18-/m0/s1. The summed E-state index contributed by atoms with van der Waals surface area (Å²) >= 11 is 2.30. The maximum absolute atomic E-state index is 12.8. The normalized spacial score (nSPS) is 32.1. The van der Waals surface area contributed by atoms with Crippen molar-refractivity contribution in [2.75, 3.05) is 0 Å². The van der Waals surface area contributed by atoms with Crippen molar-refractivity contribution in [1.82, 2.24) is 9.13 Å². The van der Waals surface area contributed by atoms with Crippen LogP contribution in [0.15, 0.2) is 21.9 Å². The molecule has 1 aliphatic carbocycles. The minimum absolute atomic E-state index is 0.110. The second-order valence-corrected chi connectivity index (χ2v) is 9.88. The third-order valence-electron chi connectivity index (χ3n) is 6.26. The number of carboxylic acids is 1. The Hall–Kier alpha value is -1.28. The number of halogens is 1. The molecule has 1 aromatic heterocycles.